The fourth-order valence-corrected chi connectivity index (χ4v) is 1.25. The van der Waals surface area contributed by atoms with Crippen LogP contribution in [-0.2, 0) is 6.42 Å². The first-order valence-corrected chi connectivity index (χ1v) is 8.03. The van der Waals surface area contributed by atoms with Gasteiger partial charge in [0, 0.05) is 0 Å². The molecular weight excluding hydrogens is 239 g/mol. The van der Waals surface area contributed by atoms with E-state index in [1.54, 1.807) is 6.07 Å². The van der Waals surface area contributed by atoms with Gasteiger partial charge in [0.25, 0.3) is 0 Å². The van der Waals surface area contributed by atoms with Gasteiger partial charge >= 0.3 is 29.3 Å². The second-order valence-electron chi connectivity index (χ2n) is 4.20. The predicted octanol–water partition coefficient (Wildman–Crippen LogP) is 2.13. The minimum atomic E-state index is -3.61. The summed E-state index contributed by atoms with van der Waals surface area (Å²) < 4.78 is 0. The van der Waals surface area contributed by atoms with Gasteiger partial charge in [-0.2, -0.15) is 0 Å². The van der Waals surface area contributed by atoms with Crippen molar-refractivity contribution in [3.63, 3.8) is 0 Å². The SMILES string of the molecule is CCCCc1ccc(O)c(C)c1.C[PH](O)(O)O. The molecular formula is C12H23O4P. The monoisotopic (exact) mass is 262 g/mol. The van der Waals surface area contributed by atoms with Gasteiger partial charge < -0.3 is 5.11 Å². The maximum absolute atomic E-state index is 9.27. The molecule has 1 aromatic rings. The Morgan fingerprint density at radius 3 is 2.12 bits per heavy atom. The summed E-state index contributed by atoms with van der Waals surface area (Å²) >= 11 is 0. The van der Waals surface area contributed by atoms with Crippen molar-refractivity contribution in [1.29, 1.82) is 0 Å². The van der Waals surface area contributed by atoms with E-state index in [0.717, 1.165) is 18.6 Å². The number of phenols is 1. The second kappa shape index (κ2) is 7.62. The predicted molar refractivity (Wildman–Crippen MR) is 72.4 cm³/mol. The number of rotatable bonds is 3. The summed E-state index contributed by atoms with van der Waals surface area (Å²) in [6.45, 7) is 5.12. The summed E-state index contributed by atoms with van der Waals surface area (Å²) in [7, 11) is -3.61. The standard InChI is InChI=1S/C11H16O.CH7O3P/c1-3-4-5-10-6-7-11(12)9(2)8-10;1-5(2,3)4/h6-8,12H,3-5H2,1-2H3;2-5H,1H3. The van der Waals surface area contributed by atoms with Crippen molar-refractivity contribution in [3.05, 3.63) is 29.3 Å². The molecule has 0 aliphatic carbocycles. The van der Waals surface area contributed by atoms with Crippen LogP contribution in [0.15, 0.2) is 18.2 Å². The van der Waals surface area contributed by atoms with Crippen LogP contribution >= 0.6 is 7.94 Å². The molecule has 0 atom stereocenters. The number of phenolic OH excluding ortho intramolecular Hbond substituents is 1. The number of benzene rings is 1. The summed E-state index contributed by atoms with van der Waals surface area (Å²) in [4.78, 5) is 23.3. The molecule has 0 saturated carbocycles. The summed E-state index contributed by atoms with van der Waals surface area (Å²) in [6, 6.07) is 5.84. The van der Waals surface area contributed by atoms with E-state index in [0.29, 0.717) is 5.75 Å². The van der Waals surface area contributed by atoms with E-state index in [4.69, 9.17) is 14.7 Å². The third-order valence-electron chi connectivity index (χ3n) is 2.08. The minimum absolute atomic E-state index is 0.398. The van der Waals surface area contributed by atoms with Gasteiger partial charge in [-0.3, -0.25) is 0 Å². The fourth-order valence-electron chi connectivity index (χ4n) is 1.25. The number of aromatic hydroxyl groups is 1. The zero-order chi connectivity index (χ0) is 13.5. The van der Waals surface area contributed by atoms with Gasteiger partial charge in [0.2, 0.25) is 0 Å². The van der Waals surface area contributed by atoms with E-state index >= 15 is 0 Å². The maximum atomic E-state index is 9.27. The average Bonchev–Trinajstić information content (AvgIpc) is 2.17. The Morgan fingerprint density at radius 1 is 1.18 bits per heavy atom. The van der Waals surface area contributed by atoms with Gasteiger partial charge in [0.1, 0.15) is 5.75 Å². The first-order valence-electron chi connectivity index (χ1n) is 5.69. The summed E-state index contributed by atoms with van der Waals surface area (Å²) in [5, 5.41) is 9.27. The van der Waals surface area contributed by atoms with Gasteiger partial charge in [-0.05, 0) is 37.0 Å². The zero-order valence-corrected chi connectivity index (χ0v) is 11.6. The van der Waals surface area contributed by atoms with Crippen molar-refractivity contribution in [2.45, 2.75) is 33.1 Å². The summed E-state index contributed by atoms with van der Waals surface area (Å²) in [6.07, 6.45) is 3.57. The van der Waals surface area contributed by atoms with Crippen LogP contribution in [0.25, 0.3) is 0 Å². The van der Waals surface area contributed by atoms with E-state index in [1.165, 1.54) is 18.4 Å². The third kappa shape index (κ3) is 10.2. The molecule has 4 nitrogen and oxygen atoms in total. The van der Waals surface area contributed by atoms with Crippen LogP contribution in [-0.4, -0.2) is 26.5 Å². The van der Waals surface area contributed by atoms with Crippen molar-refractivity contribution >= 4 is 7.94 Å². The molecule has 5 heteroatoms. The van der Waals surface area contributed by atoms with Gasteiger partial charge in [0.15, 0.2) is 0 Å². The van der Waals surface area contributed by atoms with Crippen LogP contribution in [0.5, 0.6) is 5.75 Å². The Balaban J connectivity index is 0.000000437. The van der Waals surface area contributed by atoms with Crippen molar-refractivity contribution in [2.24, 2.45) is 0 Å². The Kier molecular flexibility index (Phi) is 7.32. The molecule has 17 heavy (non-hydrogen) atoms. The molecule has 0 unspecified atom stereocenters. The van der Waals surface area contributed by atoms with E-state index < -0.39 is 7.94 Å². The summed E-state index contributed by atoms with van der Waals surface area (Å²) in [5.74, 6) is 0.398. The topological polar surface area (TPSA) is 80.9 Å². The Morgan fingerprint density at radius 2 is 1.71 bits per heavy atom. The Bertz CT molecular complexity index is 328. The third-order valence-corrected chi connectivity index (χ3v) is 2.08. The first kappa shape index (κ1) is 16.3. The molecule has 0 fully saturated rings. The molecule has 0 radical (unpaired) electrons. The quantitative estimate of drug-likeness (QED) is 0.629. The molecule has 1 aromatic carbocycles. The number of hydrogen-bond acceptors (Lipinski definition) is 4. The number of hydrogen-bond donors (Lipinski definition) is 4. The van der Waals surface area contributed by atoms with Gasteiger partial charge in [-0.1, -0.05) is 25.5 Å². The number of unbranched alkanes of at least 4 members (excludes halogenated alkanes) is 1. The van der Waals surface area contributed by atoms with Crippen molar-refractivity contribution in [2.75, 3.05) is 6.66 Å². The fraction of sp³-hybridized carbons (Fsp3) is 0.500. The van der Waals surface area contributed by atoms with Crippen molar-refractivity contribution < 1.29 is 19.8 Å². The van der Waals surface area contributed by atoms with Crippen LogP contribution in [0, 0.1) is 6.92 Å². The van der Waals surface area contributed by atoms with E-state index in [9.17, 15) is 5.11 Å². The molecule has 1 rings (SSSR count). The van der Waals surface area contributed by atoms with Crippen LogP contribution in [0.2, 0.25) is 0 Å². The Labute approximate surface area is 103 Å². The van der Waals surface area contributed by atoms with Crippen LogP contribution in [0.1, 0.15) is 30.9 Å². The van der Waals surface area contributed by atoms with Crippen molar-refractivity contribution in [3.8, 4) is 5.75 Å². The van der Waals surface area contributed by atoms with Gasteiger partial charge in [-0.25, -0.2) is 0 Å². The van der Waals surface area contributed by atoms with Crippen LogP contribution in [0.3, 0.4) is 0 Å². The number of aryl methyl sites for hydroxylation is 2. The van der Waals surface area contributed by atoms with Crippen molar-refractivity contribution in [1.82, 2.24) is 0 Å². The van der Waals surface area contributed by atoms with E-state index in [1.807, 2.05) is 13.0 Å². The molecule has 0 spiro atoms. The van der Waals surface area contributed by atoms with E-state index in [2.05, 4.69) is 13.0 Å². The first-order chi connectivity index (χ1) is 7.74. The molecule has 0 aliphatic rings. The van der Waals surface area contributed by atoms with Crippen LogP contribution < -0.4 is 0 Å². The second-order valence-corrected chi connectivity index (χ2v) is 6.14. The molecule has 0 saturated heterocycles. The molecule has 100 valence electrons. The molecule has 0 aromatic heterocycles. The summed E-state index contributed by atoms with van der Waals surface area (Å²) in [5.41, 5.74) is 2.30. The Hall–Kier alpha value is -0.670. The van der Waals surface area contributed by atoms with Crippen LogP contribution in [0.4, 0.5) is 0 Å². The zero-order valence-electron chi connectivity index (χ0n) is 10.6. The molecule has 0 aliphatic heterocycles. The molecule has 0 bridgehead atoms. The van der Waals surface area contributed by atoms with E-state index in [-0.39, 0.29) is 0 Å². The molecule has 0 amide bonds. The molecule has 0 heterocycles. The normalized spacial score (nSPS) is 11.6. The average molecular weight is 262 g/mol. The van der Waals surface area contributed by atoms with Gasteiger partial charge in [-0.15, -0.1) is 0 Å². The van der Waals surface area contributed by atoms with Gasteiger partial charge in [0.05, 0.1) is 0 Å². The molecule has 4 N–H and O–H groups in total.